The van der Waals surface area contributed by atoms with E-state index >= 15 is 0 Å². The molecule has 0 bridgehead atoms. The van der Waals surface area contributed by atoms with Gasteiger partial charge in [0.1, 0.15) is 17.2 Å². The molecule has 0 aliphatic carbocycles. The number of amides is 1. The Bertz CT molecular complexity index is 787. The summed E-state index contributed by atoms with van der Waals surface area (Å²) < 4.78 is 32.2. The number of para-hydroxylation sites is 1. The third kappa shape index (κ3) is 4.45. The summed E-state index contributed by atoms with van der Waals surface area (Å²) in [6.45, 7) is 5.42. The van der Waals surface area contributed by atoms with Crippen molar-refractivity contribution in [2.75, 3.05) is 5.32 Å². The van der Waals surface area contributed by atoms with Gasteiger partial charge in [0.25, 0.3) is 5.91 Å². The van der Waals surface area contributed by atoms with Crippen LogP contribution in [0.2, 0.25) is 0 Å². The highest BCUT2D eigenvalue weighted by Gasteiger charge is 2.24. The first-order valence-corrected chi connectivity index (χ1v) is 8.39. The van der Waals surface area contributed by atoms with E-state index in [4.69, 9.17) is 4.74 Å². The lowest BCUT2D eigenvalue weighted by Crippen LogP contribution is -2.31. The maximum Gasteiger partial charge on any atom is 0.344 e. The average Bonchev–Trinajstić information content (AvgIpc) is 2.61. The largest absolute Gasteiger partial charge is 0.449 e. The summed E-state index contributed by atoms with van der Waals surface area (Å²) >= 11 is 0. The van der Waals surface area contributed by atoms with Gasteiger partial charge in [-0.25, -0.2) is 13.6 Å². The van der Waals surface area contributed by atoms with Crippen LogP contribution in [0.25, 0.3) is 0 Å². The molecule has 0 radical (unpaired) electrons. The molecular formula is C20H21F2NO3. The van der Waals surface area contributed by atoms with Crippen LogP contribution in [-0.4, -0.2) is 18.0 Å². The lowest BCUT2D eigenvalue weighted by molar-refractivity contribution is -0.123. The van der Waals surface area contributed by atoms with Crippen molar-refractivity contribution < 1.29 is 23.1 Å². The SMILES string of the molecule is CC[C@H](C)c1ccccc1NC(=O)[C@H](C)OC(=O)c1c(F)cccc1F. The topological polar surface area (TPSA) is 55.4 Å². The van der Waals surface area contributed by atoms with Crippen molar-refractivity contribution in [1.29, 1.82) is 0 Å². The maximum absolute atomic E-state index is 13.6. The Hall–Kier alpha value is -2.76. The number of carbonyl (C=O) groups is 2. The fourth-order valence-electron chi connectivity index (χ4n) is 2.46. The molecule has 0 fully saturated rings. The lowest BCUT2D eigenvalue weighted by Gasteiger charge is -2.18. The third-order valence-electron chi connectivity index (χ3n) is 4.18. The highest BCUT2D eigenvalue weighted by atomic mass is 19.1. The molecule has 0 saturated carbocycles. The maximum atomic E-state index is 13.6. The highest BCUT2D eigenvalue weighted by molar-refractivity contribution is 5.98. The van der Waals surface area contributed by atoms with E-state index in [1.54, 1.807) is 12.1 Å². The van der Waals surface area contributed by atoms with E-state index in [1.165, 1.54) is 6.92 Å². The Morgan fingerprint density at radius 3 is 2.27 bits per heavy atom. The van der Waals surface area contributed by atoms with E-state index in [2.05, 4.69) is 5.32 Å². The van der Waals surface area contributed by atoms with Crippen LogP contribution in [0.3, 0.4) is 0 Å². The van der Waals surface area contributed by atoms with Crippen molar-refractivity contribution in [3.63, 3.8) is 0 Å². The van der Waals surface area contributed by atoms with E-state index in [9.17, 15) is 18.4 Å². The molecule has 1 amide bonds. The first-order valence-electron chi connectivity index (χ1n) is 8.39. The van der Waals surface area contributed by atoms with Gasteiger partial charge in [-0.2, -0.15) is 0 Å². The van der Waals surface area contributed by atoms with Crippen LogP contribution in [0.15, 0.2) is 42.5 Å². The fourth-order valence-corrected chi connectivity index (χ4v) is 2.46. The van der Waals surface area contributed by atoms with Gasteiger partial charge in [0.2, 0.25) is 0 Å². The minimum absolute atomic E-state index is 0.233. The van der Waals surface area contributed by atoms with Gasteiger partial charge in [0.15, 0.2) is 6.10 Å². The molecule has 0 aliphatic heterocycles. The number of carbonyl (C=O) groups excluding carboxylic acids is 2. The molecule has 1 N–H and O–H groups in total. The van der Waals surface area contributed by atoms with Gasteiger partial charge >= 0.3 is 5.97 Å². The summed E-state index contributed by atoms with van der Waals surface area (Å²) in [5.41, 5.74) is 0.765. The second-order valence-corrected chi connectivity index (χ2v) is 6.03. The molecule has 2 aromatic rings. The minimum Gasteiger partial charge on any atom is -0.449 e. The molecule has 2 rings (SSSR count). The van der Waals surface area contributed by atoms with Crippen LogP contribution >= 0.6 is 0 Å². The number of nitrogens with one attached hydrogen (secondary N) is 1. The van der Waals surface area contributed by atoms with Crippen LogP contribution in [0, 0.1) is 11.6 Å². The van der Waals surface area contributed by atoms with E-state index in [-0.39, 0.29) is 5.92 Å². The zero-order chi connectivity index (χ0) is 19.3. The Morgan fingerprint density at radius 2 is 1.65 bits per heavy atom. The van der Waals surface area contributed by atoms with Crippen molar-refractivity contribution in [3.05, 3.63) is 65.2 Å². The van der Waals surface area contributed by atoms with Crippen LogP contribution in [-0.2, 0) is 9.53 Å². The Balaban J connectivity index is 2.10. The molecule has 2 aromatic carbocycles. The average molecular weight is 361 g/mol. The molecule has 0 aromatic heterocycles. The van der Waals surface area contributed by atoms with Crippen molar-refractivity contribution in [3.8, 4) is 0 Å². The summed E-state index contributed by atoms with van der Waals surface area (Å²) in [7, 11) is 0. The zero-order valence-corrected chi connectivity index (χ0v) is 14.9. The molecule has 26 heavy (non-hydrogen) atoms. The van der Waals surface area contributed by atoms with Crippen LogP contribution in [0.5, 0.6) is 0 Å². The van der Waals surface area contributed by atoms with Gasteiger partial charge in [-0.05, 0) is 43.0 Å². The van der Waals surface area contributed by atoms with Crippen molar-refractivity contribution >= 4 is 17.6 Å². The molecule has 0 unspecified atom stereocenters. The number of halogens is 2. The van der Waals surface area contributed by atoms with E-state index < -0.39 is 35.2 Å². The van der Waals surface area contributed by atoms with Gasteiger partial charge in [0.05, 0.1) is 0 Å². The second-order valence-electron chi connectivity index (χ2n) is 6.03. The van der Waals surface area contributed by atoms with Gasteiger partial charge in [-0.3, -0.25) is 4.79 Å². The van der Waals surface area contributed by atoms with Gasteiger partial charge in [0, 0.05) is 5.69 Å². The molecule has 6 heteroatoms. The first-order chi connectivity index (χ1) is 12.3. The van der Waals surface area contributed by atoms with Crippen molar-refractivity contribution in [2.24, 2.45) is 0 Å². The molecule has 0 heterocycles. The van der Waals surface area contributed by atoms with Gasteiger partial charge < -0.3 is 10.1 Å². The molecule has 0 spiro atoms. The number of hydrogen-bond acceptors (Lipinski definition) is 3. The van der Waals surface area contributed by atoms with E-state index in [0.29, 0.717) is 5.69 Å². The Labute approximate surface area is 151 Å². The molecule has 4 nitrogen and oxygen atoms in total. The Kier molecular flexibility index (Phi) is 6.44. The Morgan fingerprint density at radius 1 is 1.04 bits per heavy atom. The number of benzene rings is 2. The molecule has 0 aliphatic rings. The number of ether oxygens (including phenoxy) is 1. The molecule has 2 atom stereocenters. The third-order valence-corrected chi connectivity index (χ3v) is 4.18. The van der Waals surface area contributed by atoms with Crippen LogP contribution in [0.1, 0.15) is 49.0 Å². The second kappa shape index (κ2) is 8.56. The molecular weight excluding hydrogens is 340 g/mol. The molecule has 138 valence electrons. The smallest absolute Gasteiger partial charge is 0.344 e. The summed E-state index contributed by atoms with van der Waals surface area (Å²) in [4.78, 5) is 24.3. The predicted molar refractivity (Wildman–Crippen MR) is 95.0 cm³/mol. The number of rotatable bonds is 6. The van der Waals surface area contributed by atoms with E-state index in [1.807, 2.05) is 26.0 Å². The first kappa shape index (κ1) is 19.6. The van der Waals surface area contributed by atoms with Gasteiger partial charge in [-0.15, -0.1) is 0 Å². The number of anilines is 1. The number of hydrogen-bond donors (Lipinski definition) is 1. The highest BCUT2D eigenvalue weighted by Crippen LogP contribution is 2.26. The fraction of sp³-hybridized carbons (Fsp3) is 0.300. The lowest BCUT2D eigenvalue weighted by atomic mass is 9.97. The summed E-state index contributed by atoms with van der Waals surface area (Å²) in [5.74, 6) is -3.64. The standard InChI is InChI=1S/C20H21F2NO3/c1-4-12(2)14-8-5-6-11-17(14)23-19(24)13(3)26-20(25)18-15(21)9-7-10-16(18)22/h5-13H,4H2,1-3H3,(H,23,24)/t12-,13-/m0/s1. The van der Waals surface area contributed by atoms with Crippen LogP contribution in [0.4, 0.5) is 14.5 Å². The minimum atomic E-state index is -1.22. The van der Waals surface area contributed by atoms with Crippen molar-refractivity contribution in [2.45, 2.75) is 39.2 Å². The summed E-state index contributed by atoms with van der Waals surface area (Å²) in [6, 6.07) is 10.4. The molecule has 0 saturated heterocycles. The normalized spacial score (nSPS) is 13.0. The summed E-state index contributed by atoms with van der Waals surface area (Å²) in [5, 5.41) is 2.71. The monoisotopic (exact) mass is 361 g/mol. The van der Waals surface area contributed by atoms with Crippen molar-refractivity contribution in [1.82, 2.24) is 0 Å². The summed E-state index contributed by atoms with van der Waals surface area (Å²) in [6.07, 6.45) is -0.323. The predicted octanol–water partition coefficient (Wildman–Crippen LogP) is 4.66. The number of esters is 1. The van der Waals surface area contributed by atoms with E-state index in [0.717, 1.165) is 30.2 Å². The zero-order valence-electron chi connectivity index (χ0n) is 14.9. The van der Waals surface area contributed by atoms with Crippen LogP contribution < -0.4 is 5.32 Å². The quantitative estimate of drug-likeness (QED) is 0.761. The van der Waals surface area contributed by atoms with Gasteiger partial charge in [-0.1, -0.05) is 38.1 Å².